The van der Waals surface area contributed by atoms with E-state index in [9.17, 15) is 24.6 Å². The van der Waals surface area contributed by atoms with E-state index in [1.807, 2.05) is 26.8 Å². The zero-order valence-corrected chi connectivity index (χ0v) is 20.4. The molecule has 7 nitrogen and oxygen atoms in total. The van der Waals surface area contributed by atoms with Gasteiger partial charge in [0.05, 0.1) is 17.6 Å². The van der Waals surface area contributed by atoms with Gasteiger partial charge in [-0.25, -0.2) is 4.79 Å². The summed E-state index contributed by atoms with van der Waals surface area (Å²) in [6, 6.07) is 6.96. The van der Waals surface area contributed by atoms with Crippen molar-refractivity contribution in [2.45, 2.75) is 64.4 Å². The normalized spacial score (nSPS) is 45.2. The second-order valence-corrected chi connectivity index (χ2v) is 12.0. The minimum absolute atomic E-state index is 0.0421. The van der Waals surface area contributed by atoms with Crippen molar-refractivity contribution in [1.82, 2.24) is 0 Å². The Labute approximate surface area is 204 Å². The molecule has 186 valence electrons. The molecule has 4 saturated carbocycles. The lowest BCUT2D eigenvalue weighted by molar-refractivity contribution is -0.436. The average molecular weight is 481 g/mol. The Kier molecular flexibility index (Phi) is 4.55. The summed E-state index contributed by atoms with van der Waals surface area (Å²) >= 11 is 0. The zero-order chi connectivity index (χ0) is 25.1. The van der Waals surface area contributed by atoms with Crippen LogP contribution in [0, 0.1) is 40.9 Å². The Morgan fingerprint density at radius 1 is 1.23 bits per heavy atom. The van der Waals surface area contributed by atoms with Gasteiger partial charge in [0.15, 0.2) is 5.78 Å². The molecule has 2 heterocycles. The van der Waals surface area contributed by atoms with Crippen LogP contribution in [0.2, 0.25) is 0 Å². The van der Waals surface area contributed by atoms with Crippen molar-refractivity contribution in [1.29, 1.82) is 0 Å². The maximum absolute atomic E-state index is 14.1. The summed E-state index contributed by atoms with van der Waals surface area (Å²) in [6.45, 7) is 9.84. The molecule has 35 heavy (non-hydrogen) atoms. The summed E-state index contributed by atoms with van der Waals surface area (Å²) in [7, 11) is 0. The molecule has 7 heteroatoms. The fourth-order valence-corrected chi connectivity index (χ4v) is 8.72. The number of fused-ring (bicyclic) bond motifs is 2. The molecular weight excluding hydrogens is 448 g/mol. The lowest BCUT2D eigenvalue weighted by Crippen LogP contribution is -2.85. The Morgan fingerprint density at radius 3 is 2.69 bits per heavy atom. The molecule has 2 saturated heterocycles. The van der Waals surface area contributed by atoms with E-state index < -0.39 is 63.7 Å². The molecule has 6 fully saturated rings. The third kappa shape index (κ3) is 2.45. The summed E-state index contributed by atoms with van der Waals surface area (Å²) in [6.07, 6.45) is -0.663. The van der Waals surface area contributed by atoms with Crippen LogP contribution in [0.1, 0.15) is 55.5 Å². The SMILES string of the molecule is C=C1C(=O)C23[C@H](OC(=O)c4cccc(C)c4)[C@H]1CC[C@H]2C12CO[C@@]3(O)[C@@H](O)[C@@H]1C(C)(C)CCC2=O. The molecule has 8 atom stereocenters. The van der Waals surface area contributed by atoms with Crippen molar-refractivity contribution in [3.05, 3.63) is 47.5 Å². The number of carbonyl (C=O) groups excluding carboxylic acids is 3. The summed E-state index contributed by atoms with van der Waals surface area (Å²) in [4.78, 5) is 41.1. The predicted octanol–water partition coefficient (Wildman–Crippen LogP) is 2.76. The van der Waals surface area contributed by atoms with Crippen LogP contribution in [0.4, 0.5) is 0 Å². The molecule has 7 rings (SSSR count). The van der Waals surface area contributed by atoms with E-state index in [1.165, 1.54) is 0 Å². The number of aliphatic hydroxyl groups is 2. The molecular formula is C28H32O7. The van der Waals surface area contributed by atoms with E-state index >= 15 is 0 Å². The second kappa shape index (κ2) is 6.90. The first-order chi connectivity index (χ1) is 16.4. The van der Waals surface area contributed by atoms with Gasteiger partial charge < -0.3 is 19.7 Å². The van der Waals surface area contributed by atoms with Gasteiger partial charge in [0.25, 0.3) is 0 Å². The number of hydrogen-bond donors (Lipinski definition) is 2. The average Bonchev–Trinajstić information content (AvgIpc) is 2.92. The standard InChI is InChI=1S/C28H32O7/c1-14-6-5-7-16(12-14)24(32)35-23-17-8-9-18-26-13-34-28(33,27(18,23)21(30)15(17)2)22(31)20(26)25(3,4)11-10-19(26)29/h5-7,12,17-18,20,22-23,31,33H,2,8-11,13H2,1,3-4H3/t17-,18-,20+,22-,23+,26?,27?,28-/m0/s1. The maximum atomic E-state index is 14.1. The van der Waals surface area contributed by atoms with E-state index in [1.54, 1.807) is 18.2 Å². The summed E-state index contributed by atoms with van der Waals surface area (Å²) in [5.41, 5.74) is -1.87. The Morgan fingerprint density at radius 2 is 1.97 bits per heavy atom. The van der Waals surface area contributed by atoms with Crippen molar-refractivity contribution in [3.63, 3.8) is 0 Å². The second-order valence-electron chi connectivity index (χ2n) is 12.0. The van der Waals surface area contributed by atoms with Gasteiger partial charge in [-0.05, 0) is 55.2 Å². The number of esters is 1. The maximum Gasteiger partial charge on any atom is 0.338 e. The third-order valence-corrected chi connectivity index (χ3v) is 10.1. The zero-order valence-electron chi connectivity index (χ0n) is 20.4. The number of carbonyl (C=O) groups is 3. The largest absolute Gasteiger partial charge is 0.457 e. The minimum Gasteiger partial charge on any atom is -0.457 e. The monoisotopic (exact) mass is 480 g/mol. The molecule has 2 aliphatic heterocycles. The number of benzene rings is 1. The van der Waals surface area contributed by atoms with Crippen molar-refractivity contribution < 1.29 is 34.1 Å². The Bertz CT molecular complexity index is 1190. The first kappa shape index (κ1) is 23.1. The van der Waals surface area contributed by atoms with Gasteiger partial charge in [0, 0.05) is 18.3 Å². The van der Waals surface area contributed by atoms with Gasteiger partial charge in [-0.15, -0.1) is 0 Å². The van der Waals surface area contributed by atoms with E-state index in [2.05, 4.69) is 6.58 Å². The Hall–Kier alpha value is -2.35. The fourth-order valence-electron chi connectivity index (χ4n) is 8.72. The summed E-state index contributed by atoms with van der Waals surface area (Å²) in [5.74, 6) is -5.10. The molecule has 4 aliphatic carbocycles. The summed E-state index contributed by atoms with van der Waals surface area (Å²) < 4.78 is 12.0. The predicted molar refractivity (Wildman–Crippen MR) is 124 cm³/mol. The van der Waals surface area contributed by atoms with Crippen molar-refractivity contribution in [3.8, 4) is 0 Å². The topological polar surface area (TPSA) is 110 Å². The highest BCUT2D eigenvalue weighted by Gasteiger charge is 2.88. The molecule has 2 N–H and O–H groups in total. The molecule has 1 aromatic carbocycles. The number of aliphatic hydroxyl groups excluding tert-OH is 1. The highest BCUT2D eigenvalue weighted by molar-refractivity contribution is 6.06. The van der Waals surface area contributed by atoms with Gasteiger partial charge in [-0.3, -0.25) is 9.59 Å². The smallest absolute Gasteiger partial charge is 0.338 e. The van der Waals surface area contributed by atoms with Gasteiger partial charge in [0.2, 0.25) is 5.79 Å². The molecule has 0 aromatic heterocycles. The number of rotatable bonds is 2. The van der Waals surface area contributed by atoms with Gasteiger partial charge >= 0.3 is 5.97 Å². The van der Waals surface area contributed by atoms with Gasteiger partial charge in [-0.1, -0.05) is 38.1 Å². The molecule has 2 spiro atoms. The van der Waals surface area contributed by atoms with Crippen LogP contribution in [-0.2, 0) is 19.1 Å². The van der Waals surface area contributed by atoms with Crippen LogP contribution in [0.3, 0.4) is 0 Å². The molecule has 2 unspecified atom stereocenters. The Balaban J connectivity index is 1.54. The molecule has 6 aliphatic rings. The lowest BCUT2D eigenvalue weighted by Gasteiger charge is -2.72. The first-order valence-corrected chi connectivity index (χ1v) is 12.5. The van der Waals surface area contributed by atoms with Crippen molar-refractivity contribution in [2.75, 3.05) is 6.61 Å². The van der Waals surface area contributed by atoms with Gasteiger partial charge in [0.1, 0.15) is 23.4 Å². The van der Waals surface area contributed by atoms with Crippen molar-refractivity contribution in [2.24, 2.45) is 34.0 Å². The van der Waals surface area contributed by atoms with Crippen LogP contribution in [0.25, 0.3) is 0 Å². The van der Waals surface area contributed by atoms with Gasteiger partial charge in [-0.2, -0.15) is 0 Å². The van der Waals surface area contributed by atoms with E-state index in [4.69, 9.17) is 9.47 Å². The summed E-state index contributed by atoms with van der Waals surface area (Å²) in [5, 5.41) is 23.9. The molecule has 0 amide bonds. The quantitative estimate of drug-likeness (QED) is 0.495. The molecule has 1 aromatic rings. The van der Waals surface area contributed by atoms with E-state index in [-0.39, 0.29) is 18.0 Å². The minimum atomic E-state index is -2.29. The van der Waals surface area contributed by atoms with Crippen molar-refractivity contribution >= 4 is 17.5 Å². The van der Waals surface area contributed by atoms with Crippen LogP contribution in [-0.4, -0.2) is 52.4 Å². The lowest BCUT2D eigenvalue weighted by atomic mass is 9.36. The third-order valence-electron chi connectivity index (χ3n) is 10.1. The number of hydrogen-bond acceptors (Lipinski definition) is 7. The number of Topliss-reactive ketones (excluding diaryl/α,β-unsaturated/α-hetero) is 2. The van der Waals surface area contributed by atoms with Crippen LogP contribution >= 0.6 is 0 Å². The number of aryl methyl sites for hydroxylation is 1. The van der Waals surface area contributed by atoms with Crippen LogP contribution < -0.4 is 0 Å². The fraction of sp³-hybridized carbons (Fsp3) is 0.607. The number of ether oxygens (including phenoxy) is 2. The highest BCUT2D eigenvalue weighted by Crippen LogP contribution is 2.76. The first-order valence-electron chi connectivity index (χ1n) is 12.5. The van der Waals surface area contributed by atoms with E-state index in [0.717, 1.165) is 5.56 Å². The van der Waals surface area contributed by atoms with Crippen LogP contribution in [0.5, 0.6) is 0 Å². The molecule has 4 bridgehead atoms. The van der Waals surface area contributed by atoms with Crippen LogP contribution in [0.15, 0.2) is 36.4 Å². The van der Waals surface area contributed by atoms with E-state index in [0.29, 0.717) is 31.2 Å². The number of ketones is 2. The highest BCUT2D eigenvalue weighted by atomic mass is 16.6. The molecule has 0 radical (unpaired) electrons.